The third-order valence-electron chi connectivity index (χ3n) is 10.4. The van der Waals surface area contributed by atoms with Gasteiger partial charge in [0.05, 0.1) is 41.1 Å². The molecule has 5 aromatic rings. The number of hydrogen-bond donors (Lipinski definition) is 0. The first kappa shape index (κ1) is 45.6. The molecule has 332 valence electrons. The Morgan fingerprint density at radius 1 is 0.438 bits per heavy atom. The van der Waals surface area contributed by atoms with Gasteiger partial charge in [-0.1, -0.05) is 103 Å². The molecule has 0 unspecified atom stereocenters. The number of ether oxygens (including phenoxy) is 9. The molecule has 0 aliphatic carbocycles. The van der Waals surface area contributed by atoms with Gasteiger partial charge in [0.25, 0.3) is 0 Å². The Morgan fingerprint density at radius 2 is 0.781 bits per heavy atom. The van der Waals surface area contributed by atoms with Crippen molar-refractivity contribution in [2.75, 3.05) is 5.88 Å². The highest BCUT2D eigenvalue weighted by Crippen LogP contribution is 2.36. The number of benzene rings is 5. The number of carbonyl (C=O) groups is 5. The molecule has 2 fully saturated rings. The molecular formula is C49H45ClO14. The lowest BCUT2D eigenvalue weighted by Gasteiger charge is -2.48. The van der Waals surface area contributed by atoms with Crippen LogP contribution in [0.5, 0.6) is 0 Å². The summed E-state index contributed by atoms with van der Waals surface area (Å²) >= 11 is 5.96. The van der Waals surface area contributed by atoms with Crippen LogP contribution in [0.4, 0.5) is 0 Å². The van der Waals surface area contributed by atoms with Crippen LogP contribution in [0.2, 0.25) is 0 Å². The molecule has 2 aliphatic heterocycles. The normalized spacial score (nSPS) is 25.2. The molecule has 2 aliphatic rings. The third-order valence-corrected chi connectivity index (χ3v) is 10.6. The molecule has 2 saturated heterocycles. The summed E-state index contributed by atoms with van der Waals surface area (Å²) in [4.78, 5) is 68.3. The molecule has 14 nitrogen and oxygen atoms in total. The zero-order valence-corrected chi connectivity index (χ0v) is 35.5. The Bertz CT molecular complexity index is 2320. The van der Waals surface area contributed by atoms with Crippen LogP contribution in [-0.2, 0) is 54.0 Å². The first-order valence-electron chi connectivity index (χ1n) is 20.5. The number of alkyl halides is 1. The number of rotatable bonds is 15. The van der Waals surface area contributed by atoms with Crippen LogP contribution in [0.15, 0.2) is 152 Å². The van der Waals surface area contributed by atoms with Crippen molar-refractivity contribution in [3.8, 4) is 0 Å². The second-order valence-electron chi connectivity index (χ2n) is 14.8. The Labute approximate surface area is 374 Å². The van der Waals surface area contributed by atoms with E-state index in [1.807, 2.05) is 30.3 Å². The van der Waals surface area contributed by atoms with Crippen LogP contribution < -0.4 is 0 Å². The molecule has 0 radical (unpaired) electrons. The van der Waals surface area contributed by atoms with Crippen LogP contribution in [0.3, 0.4) is 0 Å². The van der Waals surface area contributed by atoms with Crippen LogP contribution >= 0.6 is 11.6 Å². The van der Waals surface area contributed by atoms with Gasteiger partial charge in [-0.2, -0.15) is 0 Å². The molecule has 64 heavy (non-hydrogen) atoms. The first-order chi connectivity index (χ1) is 31.1. The van der Waals surface area contributed by atoms with Gasteiger partial charge in [-0.05, 0) is 67.9 Å². The largest absolute Gasteiger partial charge is 0.453 e. The first-order valence-corrected chi connectivity index (χ1v) is 21.0. The SMILES string of the molecule is C[C@@H]1O[C@@H](O[C@H]2[C@H](OCc3ccccc3)O[C@@H](C)[C@H](OC(=O)c3ccccc3)[C@H]2OC(=O)c2ccccc2)[C@H](OC(=O)c2ccccc2)[C@H](OC(=O)CCl)[C@H]1OC(=O)c1ccccc1. The molecule has 0 bridgehead atoms. The maximum atomic E-state index is 14.0. The van der Waals surface area contributed by atoms with Gasteiger partial charge in [-0.15, -0.1) is 11.6 Å². The topological polar surface area (TPSA) is 168 Å². The van der Waals surface area contributed by atoms with Crippen molar-refractivity contribution in [1.82, 2.24) is 0 Å². The quantitative estimate of drug-likeness (QED) is 0.0591. The fourth-order valence-corrected chi connectivity index (χ4v) is 7.27. The summed E-state index contributed by atoms with van der Waals surface area (Å²) in [5.41, 5.74) is 1.42. The van der Waals surface area contributed by atoms with E-state index < -0.39 is 97.1 Å². The fourth-order valence-electron chi connectivity index (χ4n) is 7.21. The summed E-state index contributed by atoms with van der Waals surface area (Å²) in [6, 6.07) is 41.5. The average molecular weight is 893 g/mol. The van der Waals surface area contributed by atoms with Crippen LogP contribution in [-0.4, -0.2) is 97.1 Å². The molecule has 0 amide bonds. The standard InChI is InChI=1S/C49H45ClO14/c1-30-39(61-45(53)34-22-12-5-13-23-34)41(62-46(54)35-24-14-6-15-25-35)42(48(57-30)56-29-32-18-8-3-9-19-32)64-49-43(63-47(55)36-26-16-7-17-27-36)40(59-37(51)28-50)38(31(2)58-49)60-44(52)33-20-10-4-11-21-33/h3-27,30-31,38-43,48-49H,28-29H2,1-2H3/t30-,31-,38-,39-,40+,41+,42+,43+,48+,49-/m0/s1. The van der Waals surface area contributed by atoms with Crippen molar-refractivity contribution in [1.29, 1.82) is 0 Å². The Balaban J connectivity index is 1.31. The van der Waals surface area contributed by atoms with Gasteiger partial charge >= 0.3 is 29.8 Å². The van der Waals surface area contributed by atoms with Gasteiger partial charge in [0, 0.05) is 0 Å². The van der Waals surface area contributed by atoms with E-state index >= 15 is 0 Å². The molecule has 2 heterocycles. The van der Waals surface area contributed by atoms with E-state index in [1.54, 1.807) is 104 Å². The zero-order valence-electron chi connectivity index (χ0n) is 34.7. The molecule has 7 rings (SSSR count). The molecule has 0 saturated carbocycles. The van der Waals surface area contributed by atoms with Crippen molar-refractivity contribution in [3.05, 3.63) is 179 Å². The van der Waals surface area contributed by atoms with Gasteiger partial charge in [-0.25, -0.2) is 19.2 Å². The van der Waals surface area contributed by atoms with Gasteiger partial charge < -0.3 is 42.6 Å². The average Bonchev–Trinajstić information content (AvgIpc) is 3.33. The minimum Gasteiger partial charge on any atom is -0.453 e. The van der Waals surface area contributed by atoms with Crippen LogP contribution in [0.25, 0.3) is 0 Å². The molecule has 10 atom stereocenters. The highest BCUT2D eigenvalue weighted by Gasteiger charge is 2.56. The summed E-state index contributed by atoms with van der Waals surface area (Å²) < 4.78 is 56.2. The Hall–Kier alpha value is -6.42. The van der Waals surface area contributed by atoms with E-state index in [1.165, 1.54) is 31.2 Å². The van der Waals surface area contributed by atoms with Crippen molar-refractivity contribution in [2.45, 2.75) is 81.9 Å². The predicted octanol–water partition coefficient (Wildman–Crippen LogP) is 7.13. The Kier molecular flexibility index (Phi) is 15.5. The summed E-state index contributed by atoms with van der Waals surface area (Å²) in [6.45, 7) is 3.14. The lowest BCUT2D eigenvalue weighted by Crippen LogP contribution is -2.66. The summed E-state index contributed by atoms with van der Waals surface area (Å²) in [7, 11) is 0. The van der Waals surface area contributed by atoms with Crippen molar-refractivity contribution in [3.63, 3.8) is 0 Å². The lowest BCUT2D eigenvalue weighted by atomic mass is 9.96. The third kappa shape index (κ3) is 11.4. The molecule has 0 spiro atoms. The minimum absolute atomic E-state index is 0.0201. The van der Waals surface area contributed by atoms with E-state index in [0.29, 0.717) is 0 Å². The lowest BCUT2D eigenvalue weighted by molar-refractivity contribution is -0.361. The smallest absolute Gasteiger partial charge is 0.338 e. The highest BCUT2D eigenvalue weighted by molar-refractivity contribution is 6.26. The van der Waals surface area contributed by atoms with Crippen molar-refractivity contribution >= 4 is 41.4 Å². The van der Waals surface area contributed by atoms with Gasteiger partial charge in [0.15, 0.2) is 49.2 Å². The minimum atomic E-state index is -1.70. The fraction of sp³-hybridized carbons (Fsp3) is 0.286. The molecule has 5 aromatic carbocycles. The maximum absolute atomic E-state index is 14.0. The summed E-state index contributed by atoms with van der Waals surface area (Å²) in [5, 5.41) is 0. The zero-order chi connectivity index (χ0) is 45.0. The van der Waals surface area contributed by atoms with E-state index in [2.05, 4.69) is 0 Å². The number of hydrogen-bond acceptors (Lipinski definition) is 14. The van der Waals surface area contributed by atoms with Crippen LogP contribution in [0.1, 0.15) is 60.8 Å². The van der Waals surface area contributed by atoms with E-state index in [0.717, 1.165) is 5.56 Å². The molecular weight excluding hydrogens is 848 g/mol. The van der Waals surface area contributed by atoms with Gasteiger partial charge in [0.2, 0.25) is 0 Å². The van der Waals surface area contributed by atoms with E-state index in [-0.39, 0.29) is 28.9 Å². The number of esters is 5. The summed E-state index contributed by atoms with van der Waals surface area (Å²) in [6.07, 6.45) is -14.2. The van der Waals surface area contributed by atoms with E-state index in [4.69, 9.17) is 54.2 Å². The monoisotopic (exact) mass is 892 g/mol. The van der Waals surface area contributed by atoms with E-state index in [9.17, 15) is 24.0 Å². The highest BCUT2D eigenvalue weighted by atomic mass is 35.5. The predicted molar refractivity (Wildman–Crippen MR) is 228 cm³/mol. The van der Waals surface area contributed by atoms with Gasteiger partial charge in [0.1, 0.15) is 5.88 Å². The molecule has 15 heteroatoms. The second-order valence-corrected chi connectivity index (χ2v) is 15.1. The van der Waals surface area contributed by atoms with Crippen molar-refractivity contribution in [2.24, 2.45) is 0 Å². The molecule has 0 aromatic heterocycles. The number of carbonyl (C=O) groups excluding carboxylic acids is 5. The van der Waals surface area contributed by atoms with Crippen LogP contribution in [0, 0.1) is 0 Å². The van der Waals surface area contributed by atoms with Crippen molar-refractivity contribution < 1.29 is 66.6 Å². The Morgan fingerprint density at radius 3 is 1.19 bits per heavy atom. The number of halogens is 1. The summed E-state index contributed by atoms with van der Waals surface area (Å²) in [5.74, 6) is -4.79. The van der Waals surface area contributed by atoms with Gasteiger partial charge in [-0.3, -0.25) is 4.79 Å². The molecule has 0 N–H and O–H groups in total. The maximum Gasteiger partial charge on any atom is 0.338 e. The second kappa shape index (κ2) is 21.8.